The first kappa shape index (κ1) is 17.9. The SMILES string of the molecule is CSc1nc(C)cc(C(=O)N2CCN(Cc3ccc(C)cc3)CC2)n1. The molecule has 0 unspecified atom stereocenters. The Hall–Kier alpha value is -1.92. The van der Waals surface area contributed by atoms with Crippen LogP contribution in [0.2, 0.25) is 0 Å². The molecule has 0 spiro atoms. The van der Waals surface area contributed by atoms with Crippen LogP contribution in [0.25, 0.3) is 0 Å². The van der Waals surface area contributed by atoms with E-state index in [1.165, 1.54) is 22.9 Å². The lowest BCUT2D eigenvalue weighted by molar-refractivity contribution is 0.0621. The molecule has 1 aliphatic heterocycles. The summed E-state index contributed by atoms with van der Waals surface area (Å²) in [5, 5.41) is 0.654. The smallest absolute Gasteiger partial charge is 0.272 e. The molecule has 5 nitrogen and oxygen atoms in total. The number of rotatable bonds is 4. The van der Waals surface area contributed by atoms with E-state index in [0.29, 0.717) is 10.9 Å². The summed E-state index contributed by atoms with van der Waals surface area (Å²) in [6, 6.07) is 10.4. The van der Waals surface area contributed by atoms with E-state index in [0.717, 1.165) is 38.4 Å². The molecule has 0 N–H and O–H groups in total. The van der Waals surface area contributed by atoms with Crippen molar-refractivity contribution in [3.05, 3.63) is 52.8 Å². The van der Waals surface area contributed by atoms with Crippen molar-refractivity contribution in [3.8, 4) is 0 Å². The second-order valence-electron chi connectivity index (χ2n) is 6.44. The minimum atomic E-state index is 0.00999. The monoisotopic (exact) mass is 356 g/mol. The molecule has 0 radical (unpaired) electrons. The molecule has 0 bridgehead atoms. The first-order valence-electron chi connectivity index (χ1n) is 8.52. The zero-order chi connectivity index (χ0) is 17.8. The molecule has 1 aliphatic rings. The lowest BCUT2D eigenvalue weighted by Crippen LogP contribution is -2.48. The average molecular weight is 356 g/mol. The normalized spacial score (nSPS) is 15.4. The molecule has 3 rings (SSSR count). The molecule has 0 atom stereocenters. The van der Waals surface area contributed by atoms with Gasteiger partial charge in [-0.3, -0.25) is 9.69 Å². The summed E-state index contributed by atoms with van der Waals surface area (Å²) in [5.41, 5.74) is 3.94. The van der Waals surface area contributed by atoms with Gasteiger partial charge in [0.25, 0.3) is 5.91 Å². The fourth-order valence-corrected chi connectivity index (χ4v) is 3.39. The van der Waals surface area contributed by atoms with Crippen molar-refractivity contribution in [2.45, 2.75) is 25.5 Å². The molecule has 1 saturated heterocycles. The van der Waals surface area contributed by atoms with Crippen molar-refractivity contribution in [2.24, 2.45) is 0 Å². The molecular formula is C19H24N4OS. The molecule has 132 valence electrons. The van der Waals surface area contributed by atoms with Crippen LogP contribution >= 0.6 is 11.8 Å². The molecule has 6 heteroatoms. The Morgan fingerprint density at radius 3 is 2.40 bits per heavy atom. The number of hydrogen-bond acceptors (Lipinski definition) is 5. The van der Waals surface area contributed by atoms with E-state index in [4.69, 9.17) is 0 Å². The summed E-state index contributed by atoms with van der Waals surface area (Å²) in [5.74, 6) is 0.00999. The maximum atomic E-state index is 12.7. The Labute approximate surface area is 153 Å². The molecular weight excluding hydrogens is 332 g/mol. The van der Waals surface area contributed by atoms with Crippen LogP contribution in [0.4, 0.5) is 0 Å². The summed E-state index contributed by atoms with van der Waals surface area (Å²) in [7, 11) is 0. The molecule has 1 amide bonds. The third-order valence-electron chi connectivity index (χ3n) is 4.42. The third-order valence-corrected chi connectivity index (χ3v) is 4.97. The summed E-state index contributed by atoms with van der Waals surface area (Å²) in [6.45, 7) is 8.19. The fraction of sp³-hybridized carbons (Fsp3) is 0.421. The second kappa shape index (κ2) is 7.97. The average Bonchev–Trinajstić information content (AvgIpc) is 2.63. The minimum absolute atomic E-state index is 0.00999. The van der Waals surface area contributed by atoms with E-state index in [9.17, 15) is 4.79 Å². The first-order valence-corrected chi connectivity index (χ1v) is 9.74. The van der Waals surface area contributed by atoms with Gasteiger partial charge in [0.2, 0.25) is 0 Å². The molecule has 1 aromatic carbocycles. The molecule has 25 heavy (non-hydrogen) atoms. The van der Waals surface area contributed by atoms with Crippen molar-refractivity contribution in [3.63, 3.8) is 0 Å². The van der Waals surface area contributed by atoms with Crippen LogP contribution in [0.15, 0.2) is 35.5 Å². The van der Waals surface area contributed by atoms with Gasteiger partial charge in [-0.15, -0.1) is 0 Å². The Kier molecular flexibility index (Phi) is 5.71. The predicted molar refractivity (Wildman–Crippen MR) is 101 cm³/mol. The van der Waals surface area contributed by atoms with Crippen molar-refractivity contribution < 1.29 is 4.79 Å². The standard InChI is InChI=1S/C19H24N4OS/c1-14-4-6-16(7-5-14)13-22-8-10-23(11-9-22)18(24)17-12-15(2)20-19(21-17)25-3/h4-7,12H,8-11,13H2,1-3H3. The van der Waals surface area contributed by atoms with Crippen LogP contribution in [0, 0.1) is 13.8 Å². The van der Waals surface area contributed by atoms with Gasteiger partial charge in [-0.25, -0.2) is 9.97 Å². The van der Waals surface area contributed by atoms with E-state index < -0.39 is 0 Å². The molecule has 2 heterocycles. The molecule has 2 aromatic rings. The number of thioether (sulfide) groups is 1. The Bertz CT molecular complexity index is 740. The molecule has 1 fully saturated rings. The van der Waals surface area contributed by atoms with Crippen LogP contribution in [-0.2, 0) is 6.54 Å². The lowest BCUT2D eigenvalue weighted by atomic mass is 10.1. The van der Waals surface area contributed by atoms with E-state index in [-0.39, 0.29) is 5.91 Å². The summed E-state index contributed by atoms with van der Waals surface area (Å²) in [4.78, 5) is 25.7. The van der Waals surface area contributed by atoms with E-state index in [1.807, 2.05) is 18.1 Å². The zero-order valence-electron chi connectivity index (χ0n) is 15.0. The quantitative estimate of drug-likeness (QED) is 0.623. The molecule has 0 aliphatic carbocycles. The lowest BCUT2D eigenvalue weighted by Gasteiger charge is -2.34. The van der Waals surface area contributed by atoms with Crippen LogP contribution in [-0.4, -0.2) is 58.1 Å². The van der Waals surface area contributed by atoms with Crippen molar-refractivity contribution in [1.29, 1.82) is 0 Å². The van der Waals surface area contributed by atoms with Crippen LogP contribution in [0.1, 0.15) is 27.3 Å². The number of carbonyl (C=O) groups is 1. The topological polar surface area (TPSA) is 49.3 Å². The van der Waals surface area contributed by atoms with Crippen LogP contribution in [0.3, 0.4) is 0 Å². The predicted octanol–water partition coefficient (Wildman–Crippen LogP) is 2.77. The second-order valence-corrected chi connectivity index (χ2v) is 7.21. The number of nitrogens with zero attached hydrogens (tertiary/aromatic N) is 4. The van der Waals surface area contributed by atoms with Gasteiger partial charge in [0, 0.05) is 38.4 Å². The zero-order valence-corrected chi connectivity index (χ0v) is 15.8. The number of aryl methyl sites for hydroxylation is 2. The van der Waals surface area contributed by atoms with Crippen molar-refractivity contribution >= 4 is 17.7 Å². The number of piperazine rings is 1. The van der Waals surface area contributed by atoms with Crippen LogP contribution in [0.5, 0.6) is 0 Å². The summed E-state index contributed by atoms with van der Waals surface area (Å²) >= 11 is 1.46. The van der Waals surface area contributed by atoms with Gasteiger partial charge >= 0.3 is 0 Å². The largest absolute Gasteiger partial charge is 0.335 e. The fourth-order valence-electron chi connectivity index (χ4n) is 2.96. The van der Waals surface area contributed by atoms with E-state index >= 15 is 0 Å². The van der Waals surface area contributed by atoms with E-state index in [1.54, 1.807) is 6.07 Å². The van der Waals surface area contributed by atoms with Gasteiger partial charge in [-0.2, -0.15) is 0 Å². The number of carbonyl (C=O) groups excluding carboxylic acids is 1. The number of benzene rings is 1. The highest BCUT2D eigenvalue weighted by Gasteiger charge is 2.23. The highest BCUT2D eigenvalue weighted by molar-refractivity contribution is 7.98. The van der Waals surface area contributed by atoms with Gasteiger partial charge < -0.3 is 4.90 Å². The van der Waals surface area contributed by atoms with Gasteiger partial charge in [0.1, 0.15) is 5.69 Å². The summed E-state index contributed by atoms with van der Waals surface area (Å²) < 4.78 is 0. The van der Waals surface area contributed by atoms with Crippen LogP contribution < -0.4 is 0 Å². The van der Waals surface area contributed by atoms with Crippen molar-refractivity contribution in [2.75, 3.05) is 32.4 Å². The number of hydrogen-bond donors (Lipinski definition) is 0. The molecule has 0 saturated carbocycles. The maximum absolute atomic E-state index is 12.7. The van der Waals surface area contributed by atoms with E-state index in [2.05, 4.69) is 46.1 Å². The van der Waals surface area contributed by atoms with Gasteiger partial charge in [-0.05, 0) is 31.7 Å². The number of aromatic nitrogens is 2. The minimum Gasteiger partial charge on any atom is -0.335 e. The first-order chi connectivity index (χ1) is 12.0. The Morgan fingerprint density at radius 1 is 1.08 bits per heavy atom. The Balaban J connectivity index is 1.59. The number of amides is 1. The molecule has 1 aromatic heterocycles. The third kappa shape index (κ3) is 4.58. The van der Waals surface area contributed by atoms with Crippen molar-refractivity contribution in [1.82, 2.24) is 19.8 Å². The Morgan fingerprint density at radius 2 is 1.76 bits per heavy atom. The van der Waals surface area contributed by atoms with Gasteiger partial charge in [-0.1, -0.05) is 41.6 Å². The highest BCUT2D eigenvalue weighted by atomic mass is 32.2. The maximum Gasteiger partial charge on any atom is 0.272 e. The van der Waals surface area contributed by atoms with Gasteiger partial charge in [0.05, 0.1) is 0 Å². The summed E-state index contributed by atoms with van der Waals surface area (Å²) in [6.07, 6.45) is 1.92. The highest BCUT2D eigenvalue weighted by Crippen LogP contribution is 2.14. The van der Waals surface area contributed by atoms with Gasteiger partial charge in [0.15, 0.2) is 5.16 Å².